The molecule has 0 bridgehead atoms. The molecule has 0 unspecified atom stereocenters. The summed E-state index contributed by atoms with van der Waals surface area (Å²) in [7, 11) is 0. The monoisotopic (exact) mass is 168 g/mol. The molecular weight excluding hydrogens is 152 g/mol. The second-order valence-electron chi connectivity index (χ2n) is 3.98. The third-order valence-electron chi connectivity index (χ3n) is 1.83. The van der Waals surface area contributed by atoms with E-state index in [1.54, 1.807) is 10.7 Å². The number of hydrogen-bond acceptors (Lipinski definition) is 1. The van der Waals surface area contributed by atoms with Crippen molar-refractivity contribution in [2.45, 2.75) is 39.7 Å². The lowest BCUT2D eigenvalue weighted by Gasteiger charge is -2.19. The molecule has 0 aliphatic heterocycles. The van der Waals surface area contributed by atoms with Crippen LogP contribution in [-0.2, 0) is 12.0 Å². The van der Waals surface area contributed by atoms with Crippen LogP contribution in [0.15, 0.2) is 10.9 Å². The van der Waals surface area contributed by atoms with Gasteiger partial charge in [0.15, 0.2) is 0 Å². The van der Waals surface area contributed by atoms with E-state index < -0.39 is 0 Å². The predicted molar refractivity (Wildman–Crippen MR) is 49.4 cm³/mol. The van der Waals surface area contributed by atoms with Gasteiger partial charge in [-0.2, -0.15) is 0 Å². The van der Waals surface area contributed by atoms with E-state index in [9.17, 15) is 4.79 Å². The minimum Gasteiger partial charge on any atom is -0.299 e. The van der Waals surface area contributed by atoms with Gasteiger partial charge in [-0.05, 0) is 27.2 Å². The van der Waals surface area contributed by atoms with Crippen LogP contribution in [0, 0.1) is 0 Å². The van der Waals surface area contributed by atoms with Crippen molar-refractivity contribution in [3.05, 3.63) is 22.1 Å². The number of aryl methyl sites for hydroxylation is 1. The lowest BCUT2D eigenvalue weighted by molar-refractivity contribution is 0.343. The van der Waals surface area contributed by atoms with E-state index in [-0.39, 0.29) is 11.1 Å². The molecular formula is C9H16N2O. The van der Waals surface area contributed by atoms with E-state index in [4.69, 9.17) is 0 Å². The van der Waals surface area contributed by atoms with Gasteiger partial charge in [0, 0.05) is 11.8 Å². The summed E-state index contributed by atoms with van der Waals surface area (Å²) in [6.07, 6.45) is 0.873. The highest BCUT2D eigenvalue weighted by Crippen LogP contribution is 2.09. The van der Waals surface area contributed by atoms with Crippen molar-refractivity contribution >= 4 is 0 Å². The molecule has 0 spiro atoms. The molecule has 0 amide bonds. The molecule has 1 aromatic rings. The zero-order valence-corrected chi connectivity index (χ0v) is 8.14. The Labute approximate surface area is 72.4 Å². The molecule has 0 saturated carbocycles. The Balaban J connectivity index is 3.17. The van der Waals surface area contributed by atoms with Gasteiger partial charge in [-0.25, -0.2) is 4.68 Å². The number of nitrogens with zero attached hydrogens (tertiary/aromatic N) is 1. The average molecular weight is 168 g/mol. The Morgan fingerprint density at radius 2 is 2.08 bits per heavy atom. The van der Waals surface area contributed by atoms with Crippen molar-refractivity contribution in [2.24, 2.45) is 0 Å². The van der Waals surface area contributed by atoms with Gasteiger partial charge in [-0.1, -0.05) is 6.92 Å². The highest BCUT2D eigenvalue weighted by Gasteiger charge is 2.15. The largest absolute Gasteiger partial charge is 0.299 e. The van der Waals surface area contributed by atoms with Gasteiger partial charge in [-0.3, -0.25) is 9.89 Å². The summed E-state index contributed by atoms with van der Waals surface area (Å²) in [4.78, 5) is 11.4. The van der Waals surface area contributed by atoms with Gasteiger partial charge < -0.3 is 0 Å². The maximum absolute atomic E-state index is 11.4. The Hall–Kier alpha value is -0.990. The minimum absolute atomic E-state index is 0.0550. The molecule has 1 rings (SSSR count). The van der Waals surface area contributed by atoms with Crippen molar-refractivity contribution in [1.82, 2.24) is 9.78 Å². The number of hydrogen-bond donors (Lipinski definition) is 1. The van der Waals surface area contributed by atoms with Crippen LogP contribution in [0.1, 0.15) is 33.4 Å². The van der Waals surface area contributed by atoms with E-state index in [0.717, 1.165) is 12.1 Å². The highest BCUT2D eigenvalue weighted by atomic mass is 16.1. The third kappa shape index (κ3) is 1.60. The van der Waals surface area contributed by atoms with Crippen LogP contribution in [0.2, 0.25) is 0 Å². The molecule has 0 aliphatic rings. The van der Waals surface area contributed by atoms with Crippen LogP contribution < -0.4 is 5.56 Å². The summed E-state index contributed by atoms with van der Waals surface area (Å²) in [5, 5.41) is 3.08. The van der Waals surface area contributed by atoms with Crippen LogP contribution >= 0.6 is 0 Å². The molecule has 0 aliphatic carbocycles. The maximum atomic E-state index is 11.4. The molecule has 0 radical (unpaired) electrons. The number of aromatic nitrogens is 2. The predicted octanol–water partition coefficient (Wildman–Crippen LogP) is 1.49. The third-order valence-corrected chi connectivity index (χ3v) is 1.83. The molecule has 68 valence electrons. The summed E-state index contributed by atoms with van der Waals surface area (Å²) in [6.45, 7) is 8.04. The first kappa shape index (κ1) is 9.10. The van der Waals surface area contributed by atoms with Crippen LogP contribution in [0.25, 0.3) is 0 Å². The second kappa shape index (κ2) is 2.81. The Bertz CT molecular complexity index is 314. The lowest BCUT2D eigenvalue weighted by atomic mass is 10.1. The topological polar surface area (TPSA) is 37.8 Å². The van der Waals surface area contributed by atoms with Crippen molar-refractivity contribution in [1.29, 1.82) is 0 Å². The second-order valence-corrected chi connectivity index (χ2v) is 3.98. The van der Waals surface area contributed by atoms with Crippen LogP contribution in [-0.4, -0.2) is 9.78 Å². The van der Waals surface area contributed by atoms with Gasteiger partial charge in [0.2, 0.25) is 0 Å². The fraction of sp³-hybridized carbons (Fsp3) is 0.667. The molecule has 3 heteroatoms. The standard InChI is InChI=1S/C9H16N2O/c1-5-7-6-8(12)11(10-7)9(2,3)4/h6,10H,5H2,1-4H3. The van der Waals surface area contributed by atoms with Crippen molar-refractivity contribution in [3.63, 3.8) is 0 Å². The summed E-state index contributed by atoms with van der Waals surface area (Å²) in [5.41, 5.74) is 0.902. The van der Waals surface area contributed by atoms with E-state index in [0.29, 0.717) is 0 Å². The highest BCUT2D eigenvalue weighted by molar-refractivity contribution is 5.00. The van der Waals surface area contributed by atoms with Crippen molar-refractivity contribution in [3.8, 4) is 0 Å². The van der Waals surface area contributed by atoms with Crippen molar-refractivity contribution in [2.75, 3.05) is 0 Å². The number of nitrogens with one attached hydrogen (secondary N) is 1. The van der Waals surface area contributed by atoms with Crippen LogP contribution in [0.4, 0.5) is 0 Å². The van der Waals surface area contributed by atoms with Gasteiger partial charge in [-0.15, -0.1) is 0 Å². The van der Waals surface area contributed by atoms with E-state index in [1.165, 1.54) is 0 Å². The van der Waals surface area contributed by atoms with Gasteiger partial charge >= 0.3 is 0 Å². The van der Waals surface area contributed by atoms with E-state index >= 15 is 0 Å². The minimum atomic E-state index is -0.148. The smallest absolute Gasteiger partial charge is 0.267 e. The molecule has 1 aromatic heterocycles. The summed E-state index contributed by atoms with van der Waals surface area (Å²) in [5.74, 6) is 0. The fourth-order valence-electron chi connectivity index (χ4n) is 1.12. The molecule has 3 nitrogen and oxygen atoms in total. The first-order valence-corrected chi connectivity index (χ1v) is 4.26. The Morgan fingerprint density at radius 3 is 2.33 bits per heavy atom. The van der Waals surface area contributed by atoms with Gasteiger partial charge in [0.1, 0.15) is 0 Å². The quantitative estimate of drug-likeness (QED) is 0.678. The first-order valence-electron chi connectivity index (χ1n) is 4.26. The lowest BCUT2D eigenvalue weighted by Crippen LogP contribution is -2.32. The Morgan fingerprint density at radius 1 is 1.50 bits per heavy atom. The van der Waals surface area contributed by atoms with Crippen molar-refractivity contribution < 1.29 is 0 Å². The molecule has 0 aromatic carbocycles. The van der Waals surface area contributed by atoms with Gasteiger partial charge in [0.05, 0.1) is 5.54 Å². The molecule has 1 N–H and O–H groups in total. The number of H-pyrrole nitrogens is 1. The number of rotatable bonds is 1. The molecule has 1 heterocycles. The molecule has 0 saturated heterocycles. The summed E-state index contributed by atoms with van der Waals surface area (Å²) < 4.78 is 1.66. The summed E-state index contributed by atoms with van der Waals surface area (Å²) >= 11 is 0. The normalized spacial score (nSPS) is 12.0. The molecule has 0 atom stereocenters. The van der Waals surface area contributed by atoms with Gasteiger partial charge in [0.25, 0.3) is 5.56 Å². The summed E-state index contributed by atoms with van der Waals surface area (Å²) in [6, 6.07) is 1.66. The average Bonchev–Trinajstić information content (AvgIpc) is 2.29. The fourth-order valence-corrected chi connectivity index (χ4v) is 1.12. The zero-order chi connectivity index (χ0) is 9.35. The first-order chi connectivity index (χ1) is 5.45. The molecule has 12 heavy (non-hydrogen) atoms. The van der Waals surface area contributed by atoms with Crippen LogP contribution in [0.3, 0.4) is 0 Å². The number of aromatic amines is 1. The Kier molecular flexibility index (Phi) is 2.13. The SMILES string of the molecule is CCc1cc(=O)n(C(C)(C)C)[nH]1. The van der Waals surface area contributed by atoms with E-state index in [2.05, 4.69) is 5.10 Å². The van der Waals surface area contributed by atoms with Crippen LogP contribution in [0.5, 0.6) is 0 Å². The van der Waals surface area contributed by atoms with E-state index in [1.807, 2.05) is 27.7 Å². The maximum Gasteiger partial charge on any atom is 0.267 e. The zero-order valence-electron chi connectivity index (χ0n) is 8.14. The molecule has 0 fully saturated rings.